The van der Waals surface area contributed by atoms with E-state index in [1.807, 2.05) is 6.08 Å². The molecule has 0 N–H and O–H groups in total. The summed E-state index contributed by atoms with van der Waals surface area (Å²) in [5, 5.41) is 3.35. The molecule has 1 aliphatic carbocycles. The molecular weight excluding hydrogens is 336 g/mol. The minimum absolute atomic E-state index is 0.190. The van der Waals surface area contributed by atoms with E-state index in [1.165, 1.54) is 15.6 Å². The SMILES string of the molecule is COCCCC1CC(c2cccc3sccc23)=CC(=O)CCC1=S. The third-order valence-electron chi connectivity index (χ3n) is 4.62. The summed E-state index contributed by atoms with van der Waals surface area (Å²) in [7, 11) is 1.73. The van der Waals surface area contributed by atoms with Crippen LogP contribution in [0.1, 0.15) is 37.7 Å². The molecule has 0 aliphatic heterocycles. The number of rotatable bonds is 5. The third-order valence-corrected chi connectivity index (χ3v) is 6.04. The van der Waals surface area contributed by atoms with Gasteiger partial charge in [-0.2, -0.15) is 0 Å². The zero-order valence-electron chi connectivity index (χ0n) is 13.9. The summed E-state index contributed by atoms with van der Waals surface area (Å²) in [6.45, 7) is 0.761. The minimum atomic E-state index is 0.190. The van der Waals surface area contributed by atoms with Crippen molar-refractivity contribution >= 4 is 49.9 Å². The lowest BCUT2D eigenvalue weighted by Crippen LogP contribution is -2.18. The molecule has 0 fully saturated rings. The summed E-state index contributed by atoms with van der Waals surface area (Å²) in [5.41, 5.74) is 2.32. The maximum absolute atomic E-state index is 12.3. The van der Waals surface area contributed by atoms with Gasteiger partial charge in [0.15, 0.2) is 5.78 Å². The average molecular weight is 359 g/mol. The van der Waals surface area contributed by atoms with Gasteiger partial charge < -0.3 is 4.74 Å². The van der Waals surface area contributed by atoms with E-state index in [0.717, 1.165) is 42.7 Å². The molecule has 0 amide bonds. The summed E-state index contributed by atoms with van der Waals surface area (Å²) < 4.78 is 6.45. The summed E-state index contributed by atoms with van der Waals surface area (Å²) in [6, 6.07) is 8.49. The molecule has 4 heteroatoms. The van der Waals surface area contributed by atoms with E-state index in [-0.39, 0.29) is 5.78 Å². The first kappa shape index (κ1) is 17.5. The van der Waals surface area contributed by atoms with E-state index < -0.39 is 0 Å². The Labute approximate surface area is 152 Å². The molecule has 126 valence electrons. The van der Waals surface area contributed by atoms with Crippen molar-refractivity contribution in [2.75, 3.05) is 13.7 Å². The first-order chi connectivity index (χ1) is 11.7. The van der Waals surface area contributed by atoms with Crippen LogP contribution in [0.3, 0.4) is 0 Å². The Kier molecular flexibility index (Phi) is 5.93. The fraction of sp³-hybridized carbons (Fsp3) is 0.400. The Morgan fingerprint density at radius 2 is 2.17 bits per heavy atom. The van der Waals surface area contributed by atoms with E-state index in [2.05, 4.69) is 29.6 Å². The molecule has 24 heavy (non-hydrogen) atoms. The van der Waals surface area contributed by atoms with Gasteiger partial charge in [0, 0.05) is 24.8 Å². The Morgan fingerprint density at radius 3 is 3.00 bits per heavy atom. The molecule has 1 atom stereocenters. The Bertz CT molecular complexity index is 773. The fourth-order valence-electron chi connectivity index (χ4n) is 3.35. The smallest absolute Gasteiger partial charge is 0.156 e. The highest BCUT2D eigenvalue weighted by molar-refractivity contribution is 7.80. The molecule has 0 spiro atoms. The topological polar surface area (TPSA) is 26.3 Å². The molecular formula is C20H22O2S2. The molecule has 1 unspecified atom stereocenters. The monoisotopic (exact) mass is 358 g/mol. The normalized spacial score (nSPS) is 19.2. The summed E-state index contributed by atoms with van der Waals surface area (Å²) >= 11 is 7.38. The number of benzene rings is 1. The summed E-state index contributed by atoms with van der Waals surface area (Å²) in [4.78, 5) is 13.3. The highest BCUT2D eigenvalue weighted by atomic mass is 32.1. The lowest BCUT2D eigenvalue weighted by Gasteiger charge is -2.22. The predicted octanol–water partition coefficient (Wildman–Crippen LogP) is 5.45. The molecule has 0 radical (unpaired) electrons. The van der Waals surface area contributed by atoms with Gasteiger partial charge in [-0.05, 0) is 76.6 Å². The van der Waals surface area contributed by atoms with Gasteiger partial charge in [0.2, 0.25) is 0 Å². The standard InChI is InChI=1S/C20H22O2S2/c1-22-10-3-4-14-12-15(13-16(21)7-8-19(14)23)17-5-2-6-20-18(17)9-11-24-20/h2,5-6,9,11,13-14H,3-4,7-8,10,12H2,1H3. The van der Waals surface area contributed by atoms with E-state index in [9.17, 15) is 4.79 Å². The van der Waals surface area contributed by atoms with Crippen LogP contribution in [0.15, 0.2) is 35.7 Å². The van der Waals surface area contributed by atoms with Crippen molar-refractivity contribution in [1.82, 2.24) is 0 Å². The van der Waals surface area contributed by atoms with Gasteiger partial charge in [0.05, 0.1) is 0 Å². The zero-order chi connectivity index (χ0) is 16.9. The predicted molar refractivity (Wildman–Crippen MR) is 106 cm³/mol. The maximum Gasteiger partial charge on any atom is 0.156 e. The lowest BCUT2D eigenvalue weighted by atomic mass is 9.83. The maximum atomic E-state index is 12.3. The summed E-state index contributed by atoms with van der Waals surface area (Å²) in [5.74, 6) is 0.540. The van der Waals surface area contributed by atoms with Gasteiger partial charge in [0.1, 0.15) is 0 Å². The van der Waals surface area contributed by atoms with Crippen LogP contribution in [0.5, 0.6) is 0 Å². The third kappa shape index (κ3) is 4.00. The molecule has 1 aromatic carbocycles. The Morgan fingerprint density at radius 1 is 1.29 bits per heavy atom. The Hall–Kier alpha value is -1.36. The Balaban J connectivity index is 1.93. The largest absolute Gasteiger partial charge is 0.385 e. The van der Waals surface area contributed by atoms with E-state index >= 15 is 0 Å². The van der Waals surface area contributed by atoms with Crippen LogP contribution in [0.2, 0.25) is 0 Å². The van der Waals surface area contributed by atoms with Gasteiger partial charge >= 0.3 is 0 Å². The van der Waals surface area contributed by atoms with Gasteiger partial charge in [-0.15, -0.1) is 11.3 Å². The van der Waals surface area contributed by atoms with Crippen LogP contribution in [0, 0.1) is 5.92 Å². The number of carbonyl (C=O) groups is 1. The number of ketones is 1. The number of allylic oxidation sites excluding steroid dienone is 2. The van der Waals surface area contributed by atoms with E-state index in [4.69, 9.17) is 17.0 Å². The van der Waals surface area contributed by atoms with Gasteiger partial charge in [0.25, 0.3) is 0 Å². The van der Waals surface area contributed by atoms with Crippen molar-refractivity contribution < 1.29 is 9.53 Å². The van der Waals surface area contributed by atoms with Crippen molar-refractivity contribution in [1.29, 1.82) is 0 Å². The van der Waals surface area contributed by atoms with E-state index in [0.29, 0.717) is 12.3 Å². The second-order valence-corrected chi connectivity index (χ2v) is 7.75. The first-order valence-corrected chi connectivity index (χ1v) is 9.69. The first-order valence-electron chi connectivity index (χ1n) is 8.40. The molecule has 1 heterocycles. The summed E-state index contributed by atoms with van der Waals surface area (Å²) in [6.07, 6.45) is 6.00. The molecule has 0 bridgehead atoms. The number of ether oxygens (including phenoxy) is 1. The number of fused-ring (bicyclic) bond motifs is 1. The van der Waals surface area contributed by atoms with Crippen molar-refractivity contribution in [3.63, 3.8) is 0 Å². The van der Waals surface area contributed by atoms with Gasteiger partial charge in [-0.25, -0.2) is 0 Å². The number of methoxy groups -OCH3 is 1. The molecule has 1 aliphatic rings. The van der Waals surface area contributed by atoms with Crippen molar-refractivity contribution in [2.45, 2.75) is 32.1 Å². The quantitative estimate of drug-likeness (QED) is 0.525. The van der Waals surface area contributed by atoms with Crippen LogP contribution >= 0.6 is 23.6 Å². The molecule has 1 aromatic heterocycles. The molecule has 0 saturated heterocycles. The van der Waals surface area contributed by atoms with Crippen LogP contribution < -0.4 is 0 Å². The minimum Gasteiger partial charge on any atom is -0.385 e. The highest BCUT2D eigenvalue weighted by Gasteiger charge is 2.22. The van der Waals surface area contributed by atoms with E-state index in [1.54, 1.807) is 18.4 Å². The van der Waals surface area contributed by atoms with Crippen molar-refractivity contribution in [3.05, 3.63) is 41.3 Å². The second kappa shape index (κ2) is 8.15. The lowest BCUT2D eigenvalue weighted by molar-refractivity contribution is -0.114. The number of carbonyl (C=O) groups excluding carboxylic acids is 1. The number of hydrogen-bond donors (Lipinski definition) is 0. The molecule has 0 saturated carbocycles. The van der Waals surface area contributed by atoms with Crippen LogP contribution in [-0.4, -0.2) is 24.4 Å². The van der Waals surface area contributed by atoms with Crippen molar-refractivity contribution in [3.8, 4) is 0 Å². The second-order valence-electron chi connectivity index (χ2n) is 6.28. The number of thiophene rings is 1. The van der Waals surface area contributed by atoms with Crippen LogP contribution in [-0.2, 0) is 9.53 Å². The van der Waals surface area contributed by atoms with Crippen LogP contribution in [0.25, 0.3) is 15.7 Å². The molecule has 3 rings (SSSR count). The molecule has 2 nitrogen and oxygen atoms in total. The van der Waals surface area contributed by atoms with Gasteiger partial charge in [-0.3, -0.25) is 4.79 Å². The fourth-order valence-corrected chi connectivity index (χ4v) is 4.47. The molecule has 2 aromatic rings. The van der Waals surface area contributed by atoms with Gasteiger partial charge in [-0.1, -0.05) is 24.4 Å². The van der Waals surface area contributed by atoms with Crippen LogP contribution in [0.4, 0.5) is 0 Å². The average Bonchev–Trinajstić information content (AvgIpc) is 3.05. The number of thiocarbonyl (C=S) groups is 1. The number of hydrogen-bond acceptors (Lipinski definition) is 4. The zero-order valence-corrected chi connectivity index (χ0v) is 15.6. The van der Waals surface area contributed by atoms with Crippen molar-refractivity contribution in [2.24, 2.45) is 5.92 Å². The highest BCUT2D eigenvalue weighted by Crippen LogP contribution is 2.35.